The topological polar surface area (TPSA) is 67.1 Å². The molecule has 0 radical (unpaired) electrons. The Morgan fingerprint density at radius 1 is 1.45 bits per heavy atom. The van der Waals surface area contributed by atoms with E-state index in [4.69, 9.17) is 5.73 Å². The fourth-order valence-corrected chi connectivity index (χ4v) is 3.15. The summed E-state index contributed by atoms with van der Waals surface area (Å²) in [6, 6.07) is 7.60. The lowest BCUT2D eigenvalue weighted by molar-refractivity contribution is -0.118. The smallest absolute Gasteiger partial charge is 0.241 e. The zero-order valence-electron chi connectivity index (χ0n) is 12.0. The molecule has 0 aliphatic heterocycles. The zero-order chi connectivity index (χ0) is 16.1. The maximum absolute atomic E-state index is 13.2. The molecule has 1 aromatic heterocycles. The minimum absolute atomic E-state index is 0.201. The standard InChI is InChI=1S/C15H17BrFN3OS/c1-19-13(8-12(18)14-3-2-6-22-14)15(21)20-9-4-5-11(17)10(16)7-9/h2-7,12-13,19H,8,18H2,1H3,(H,20,21)/t12-,13+/m1/s1. The van der Waals surface area contributed by atoms with E-state index in [1.807, 2.05) is 17.5 Å². The van der Waals surface area contributed by atoms with E-state index in [2.05, 4.69) is 26.6 Å². The van der Waals surface area contributed by atoms with Crippen LogP contribution in [0.5, 0.6) is 0 Å². The third kappa shape index (κ3) is 4.36. The van der Waals surface area contributed by atoms with Gasteiger partial charge in [-0.15, -0.1) is 11.3 Å². The van der Waals surface area contributed by atoms with E-state index < -0.39 is 6.04 Å². The number of hydrogen-bond donors (Lipinski definition) is 3. The van der Waals surface area contributed by atoms with Gasteiger partial charge in [0.25, 0.3) is 0 Å². The highest BCUT2D eigenvalue weighted by molar-refractivity contribution is 9.10. The number of hydrogen-bond acceptors (Lipinski definition) is 4. The highest BCUT2D eigenvalue weighted by Crippen LogP contribution is 2.23. The number of halogens is 2. The molecule has 7 heteroatoms. The summed E-state index contributed by atoms with van der Waals surface area (Å²) in [4.78, 5) is 13.3. The summed E-state index contributed by atoms with van der Waals surface area (Å²) in [5.74, 6) is -0.573. The van der Waals surface area contributed by atoms with Gasteiger partial charge in [0, 0.05) is 16.6 Å². The van der Waals surface area contributed by atoms with Crippen LogP contribution in [0.2, 0.25) is 0 Å². The maximum Gasteiger partial charge on any atom is 0.241 e. The molecule has 2 aromatic rings. The second-order valence-electron chi connectivity index (χ2n) is 4.82. The first-order valence-corrected chi connectivity index (χ1v) is 8.40. The number of benzene rings is 1. The van der Waals surface area contributed by atoms with E-state index in [1.165, 1.54) is 18.2 Å². The average Bonchev–Trinajstić information content (AvgIpc) is 3.02. The molecule has 2 rings (SSSR count). The first-order valence-electron chi connectivity index (χ1n) is 6.73. The molecule has 0 fully saturated rings. The summed E-state index contributed by atoms with van der Waals surface area (Å²) in [7, 11) is 1.71. The summed E-state index contributed by atoms with van der Waals surface area (Å²) in [5.41, 5.74) is 6.66. The SMILES string of the molecule is CN[C@@H](C[C@@H](N)c1cccs1)C(=O)Nc1ccc(F)c(Br)c1. The molecule has 1 heterocycles. The molecule has 0 saturated heterocycles. The largest absolute Gasteiger partial charge is 0.325 e. The van der Waals surface area contributed by atoms with Crippen LogP contribution in [0, 0.1) is 5.82 Å². The first kappa shape index (κ1) is 17.1. The molecule has 2 atom stereocenters. The molecule has 1 aromatic carbocycles. The molecule has 0 aliphatic carbocycles. The number of anilines is 1. The number of likely N-dealkylation sites (N-methyl/N-ethyl adjacent to an activating group) is 1. The van der Waals surface area contributed by atoms with Crippen molar-refractivity contribution in [3.8, 4) is 0 Å². The minimum atomic E-state index is -0.430. The molecule has 118 valence electrons. The minimum Gasteiger partial charge on any atom is -0.325 e. The Morgan fingerprint density at radius 3 is 2.82 bits per heavy atom. The normalized spacial score (nSPS) is 13.6. The van der Waals surface area contributed by atoms with Crippen LogP contribution >= 0.6 is 27.3 Å². The van der Waals surface area contributed by atoms with Gasteiger partial charge in [-0.05, 0) is 59.0 Å². The lowest BCUT2D eigenvalue weighted by atomic mass is 10.1. The molecule has 0 saturated carbocycles. The summed E-state index contributed by atoms with van der Waals surface area (Å²) in [5, 5.41) is 7.69. The van der Waals surface area contributed by atoms with E-state index in [1.54, 1.807) is 18.4 Å². The fraction of sp³-hybridized carbons (Fsp3) is 0.267. The number of nitrogens with one attached hydrogen (secondary N) is 2. The van der Waals surface area contributed by atoms with Gasteiger partial charge in [-0.1, -0.05) is 6.07 Å². The van der Waals surface area contributed by atoms with Crippen molar-refractivity contribution >= 4 is 38.9 Å². The van der Waals surface area contributed by atoms with Crippen LogP contribution in [0.1, 0.15) is 17.3 Å². The third-order valence-electron chi connectivity index (χ3n) is 3.25. The van der Waals surface area contributed by atoms with Gasteiger partial charge in [0.1, 0.15) is 5.82 Å². The molecule has 0 unspecified atom stereocenters. The molecular formula is C15H17BrFN3OS. The Kier molecular flexibility index (Phi) is 6.07. The predicted molar refractivity (Wildman–Crippen MR) is 91.4 cm³/mol. The van der Waals surface area contributed by atoms with Gasteiger partial charge < -0.3 is 16.4 Å². The van der Waals surface area contributed by atoms with Crippen molar-refractivity contribution in [2.45, 2.75) is 18.5 Å². The molecule has 4 N–H and O–H groups in total. The molecule has 22 heavy (non-hydrogen) atoms. The molecule has 0 aliphatic rings. The lowest BCUT2D eigenvalue weighted by Crippen LogP contribution is -2.40. The second-order valence-corrected chi connectivity index (χ2v) is 6.65. The van der Waals surface area contributed by atoms with E-state index in [0.717, 1.165) is 4.88 Å². The number of carbonyl (C=O) groups is 1. The molecule has 1 amide bonds. The van der Waals surface area contributed by atoms with Crippen LogP contribution in [0.4, 0.5) is 10.1 Å². The maximum atomic E-state index is 13.2. The Balaban J connectivity index is 2.00. The van der Waals surface area contributed by atoms with Crippen LogP contribution in [-0.2, 0) is 4.79 Å². The van der Waals surface area contributed by atoms with Gasteiger partial charge in [0.15, 0.2) is 0 Å². The Labute approximate surface area is 141 Å². The Hall–Kier alpha value is -1.28. The summed E-state index contributed by atoms with van der Waals surface area (Å²) in [6.07, 6.45) is 0.477. The fourth-order valence-electron chi connectivity index (χ4n) is 2.03. The number of nitrogens with two attached hydrogens (primary N) is 1. The van der Waals surface area contributed by atoms with Gasteiger partial charge in [-0.25, -0.2) is 4.39 Å². The van der Waals surface area contributed by atoms with Crippen molar-refractivity contribution in [2.24, 2.45) is 5.73 Å². The van der Waals surface area contributed by atoms with E-state index >= 15 is 0 Å². The summed E-state index contributed by atoms with van der Waals surface area (Å²) < 4.78 is 13.5. The summed E-state index contributed by atoms with van der Waals surface area (Å²) >= 11 is 4.67. The average molecular weight is 386 g/mol. The van der Waals surface area contributed by atoms with E-state index in [-0.39, 0.29) is 17.8 Å². The van der Waals surface area contributed by atoms with E-state index in [9.17, 15) is 9.18 Å². The van der Waals surface area contributed by atoms with Gasteiger partial charge in [0.2, 0.25) is 5.91 Å². The van der Waals surface area contributed by atoms with Crippen molar-refractivity contribution < 1.29 is 9.18 Å². The van der Waals surface area contributed by atoms with E-state index in [0.29, 0.717) is 16.6 Å². The number of thiophene rings is 1. The second kappa shape index (κ2) is 7.82. The van der Waals surface area contributed by atoms with Gasteiger partial charge >= 0.3 is 0 Å². The number of rotatable bonds is 6. The Morgan fingerprint density at radius 2 is 2.23 bits per heavy atom. The lowest BCUT2D eigenvalue weighted by Gasteiger charge is -2.19. The zero-order valence-corrected chi connectivity index (χ0v) is 14.4. The molecule has 0 bridgehead atoms. The monoisotopic (exact) mass is 385 g/mol. The molecule has 0 spiro atoms. The highest BCUT2D eigenvalue weighted by atomic mass is 79.9. The van der Waals surface area contributed by atoms with Crippen molar-refractivity contribution in [3.05, 3.63) is 50.9 Å². The first-order chi connectivity index (χ1) is 10.5. The van der Waals surface area contributed by atoms with Crippen LogP contribution < -0.4 is 16.4 Å². The third-order valence-corrected chi connectivity index (χ3v) is 4.86. The Bertz CT molecular complexity index is 636. The number of carbonyl (C=O) groups excluding carboxylic acids is 1. The van der Waals surface area contributed by atoms with Crippen molar-refractivity contribution in [1.29, 1.82) is 0 Å². The molecular weight excluding hydrogens is 369 g/mol. The van der Waals surface area contributed by atoms with Gasteiger partial charge in [-0.3, -0.25) is 4.79 Å². The van der Waals surface area contributed by atoms with Gasteiger partial charge in [-0.2, -0.15) is 0 Å². The summed E-state index contributed by atoms with van der Waals surface area (Å²) in [6.45, 7) is 0. The quantitative estimate of drug-likeness (QED) is 0.714. The van der Waals surface area contributed by atoms with Crippen LogP contribution in [0.3, 0.4) is 0 Å². The van der Waals surface area contributed by atoms with Crippen molar-refractivity contribution in [2.75, 3.05) is 12.4 Å². The predicted octanol–water partition coefficient (Wildman–Crippen LogP) is 3.27. The van der Waals surface area contributed by atoms with Crippen LogP contribution in [0.15, 0.2) is 40.2 Å². The van der Waals surface area contributed by atoms with Crippen molar-refractivity contribution in [1.82, 2.24) is 5.32 Å². The van der Waals surface area contributed by atoms with Crippen molar-refractivity contribution in [3.63, 3.8) is 0 Å². The van der Waals surface area contributed by atoms with Crippen LogP contribution in [-0.4, -0.2) is 19.0 Å². The highest BCUT2D eigenvalue weighted by Gasteiger charge is 2.21. The van der Waals surface area contributed by atoms with Crippen LogP contribution in [0.25, 0.3) is 0 Å². The molecule has 4 nitrogen and oxygen atoms in total. The number of amides is 1. The van der Waals surface area contributed by atoms with Gasteiger partial charge in [0.05, 0.1) is 10.5 Å².